The molecule has 268 valence electrons. The van der Waals surface area contributed by atoms with E-state index in [0.29, 0.717) is 0 Å². The molecule has 5 aromatic carbocycles. The van der Waals surface area contributed by atoms with Gasteiger partial charge in [-0.3, -0.25) is 0 Å². The Bertz CT molecular complexity index is 1910. The molecule has 0 fully saturated rings. The van der Waals surface area contributed by atoms with Gasteiger partial charge in [-0.25, -0.2) is 0 Å². The summed E-state index contributed by atoms with van der Waals surface area (Å²) < 4.78 is 24.9. The first-order valence-corrected chi connectivity index (χ1v) is 18.6. The van der Waals surface area contributed by atoms with Gasteiger partial charge in [-0.1, -0.05) is 60.3 Å². The molecule has 5 heteroatoms. The van der Waals surface area contributed by atoms with Gasteiger partial charge in [0.25, 0.3) is 0 Å². The van der Waals surface area contributed by atoms with Crippen molar-refractivity contribution in [2.45, 2.75) is 115 Å². The highest BCUT2D eigenvalue weighted by atomic mass is 32.2. The van der Waals surface area contributed by atoms with E-state index in [2.05, 4.69) is 186 Å². The smallest absolute Gasteiger partial charge is 0.121 e. The van der Waals surface area contributed by atoms with Crippen LogP contribution < -0.4 is 18.9 Å². The van der Waals surface area contributed by atoms with Crippen molar-refractivity contribution in [2.75, 3.05) is 0 Å². The molecule has 0 bridgehead atoms. The lowest BCUT2D eigenvalue weighted by atomic mass is 9.87. The number of benzene rings is 5. The zero-order valence-electron chi connectivity index (χ0n) is 32.4. The summed E-state index contributed by atoms with van der Waals surface area (Å²) in [6, 6.07) is 38.2. The van der Waals surface area contributed by atoms with Crippen LogP contribution in [0.5, 0.6) is 23.0 Å². The summed E-state index contributed by atoms with van der Waals surface area (Å²) in [7, 11) is 0. The lowest BCUT2D eigenvalue weighted by molar-refractivity contribution is 0.130. The van der Waals surface area contributed by atoms with E-state index < -0.39 is 0 Å². The summed E-state index contributed by atoms with van der Waals surface area (Å²) in [6.45, 7) is 24.8. The fourth-order valence-corrected chi connectivity index (χ4v) is 6.75. The summed E-state index contributed by atoms with van der Waals surface area (Å²) in [6.07, 6.45) is 0. The van der Waals surface area contributed by atoms with Gasteiger partial charge in [0.05, 0.1) is 0 Å². The van der Waals surface area contributed by atoms with E-state index >= 15 is 0 Å². The van der Waals surface area contributed by atoms with Crippen LogP contribution in [0.3, 0.4) is 0 Å². The topological polar surface area (TPSA) is 36.9 Å². The molecule has 0 N–H and O–H groups in total. The first-order chi connectivity index (χ1) is 23.7. The maximum atomic E-state index is 6.25. The summed E-state index contributed by atoms with van der Waals surface area (Å²) in [5.74, 6) is 3.36. The van der Waals surface area contributed by atoms with Gasteiger partial charge >= 0.3 is 0 Å². The molecule has 0 saturated heterocycles. The highest BCUT2D eigenvalue weighted by Gasteiger charge is 2.22. The number of rotatable bonds is 9. The lowest BCUT2D eigenvalue weighted by Gasteiger charge is -2.24. The molecule has 0 aromatic heterocycles. The van der Waals surface area contributed by atoms with Gasteiger partial charge < -0.3 is 18.9 Å². The summed E-state index contributed by atoms with van der Waals surface area (Å²) in [5, 5.41) is 0. The van der Waals surface area contributed by atoms with Crippen molar-refractivity contribution in [1.29, 1.82) is 0 Å². The molecule has 0 radical (unpaired) electrons. The number of ether oxygens (including phenoxy) is 4. The van der Waals surface area contributed by atoms with Crippen LogP contribution in [0.15, 0.2) is 119 Å². The van der Waals surface area contributed by atoms with Gasteiger partial charge in [0.1, 0.15) is 45.4 Å². The molecule has 0 spiro atoms. The molecule has 5 rings (SSSR count). The van der Waals surface area contributed by atoms with Crippen LogP contribution in [0.2, 0.25) is 0 Å². The average Bonchev–Trinajstić information content (AvgIpc) is 2.99. The normalized spacial score (nSPS) is 12.4. The van der Waals surface area contributed by atoms with Crippen LogP contribution in [0.4, 0.5) is 0 Å². The molecule has 0 atom stereocenters. The van der Waals surface area contributed by atoms with Crippen molar-refractivity contribution in [1.82, 2.24) is 0 Å². The second kappa shape index (κ2) is 14.7. The summed E-state index contributed by atoms with van der Waals surface area (Å²) >= 11 is 1.74. The molecule has 0 aliphatic carbocycles. The highest BCUT2D eigenvalue weighted by Crippen LogP contribution is 2.48. The molecule has 0 saturated carbocycles. The first kappa shape index (κ1) is 37.9. The Morgan fingerprint density at radius 2 is 0.765 bits per heavy atom. The fraction of sp³-hybridized carbons (Fsp3) is 0.348. The van der Waals surface area contributed by atoms with E-state index in [9.17, 15) is 0 Å². The van der Waals surface area contributed by atoms with Crippen molar-refractivity contribution in [3.05, 3.63) is 109 Å². The van der Waals surface area contributed by atoms with E-state index in [0.717, 1.165) is 66.2 Å². The van der Waals surface area contributed by atoms with Crippen LogP contribution in [0.25, 0.3) is 33.4 Å². The Kier molecular flexibility index (Phi) is 10.9. The summed E-state index contributed by atoms with van der Waals surface area (Å²) in [4.78, 5) is 2.23. The Labute approximate surface area is 310 Å². The van der Waals surface area contributed by atoms with Crippen LogP contribution >= 0.6 is 11.8 Å². The maximum absolute atomic E-state index is 6.25. The summed E-state index contributed by atoms with van der Waals surface area (Å²) in [5.41, 5.74) is 5.53. The first-order valence-electron chi connectivity index (χ1n) is 17.7. The van der Waals surface area contributed by atoms with E-state index in [-0.39, 0.29) is 22.4 Å². The van der Waals surface area contributed by atoms with E-state index in [1.807, 2.05) is 6.07 Å². The number of hydrogen-bond acceptors (Lipinski definition) is 5. The lowest BCUT2D eigenvalue weighted by Crippen LogP contribution is -2.22. The Balaban J connectivity index is 1.73. The Hall–Kier alpha value is -4.35. The molecule has 51 heavy (non-hydrogen) atoms. The zero-order valence-corrected chi connectivity index (χ0v) is 33.3. The Morgan fingerprint density at radius 3 is 1.20 bits per heavy atom. The molecule has 0 unspecified atom stereocenters. The third-order valence-electron chi connectivity index (χ3n) is 7.35. The second-order valence-corrected chi connectivity index (χ2v) is 18.0. The Morgan fingerprint density at radius 1 is 0.373 bits per heavy atom. The van der Waals surface area contributed by atoms with Gasteiger partial charge in [-0.15, -0.1) is 0 Å². The fourth-order valence-electron chi connectivity index (χ4n) is 5.72. The molecule has 4 nitrogen and oxygen atoms in total. The maximum Gasteiger partial charge on any atom is 0.121 e. The predicted molar refractivity (Wildman–Crippen MR) is 215 cm³/mol. The molecule has 0 heterocycles. The van der Waals surface area contributed by atoms with Crippen molar-refractivity contribution in [3.63, 3.8) is 0 Å². The van der Waals surface area contributed by atoms with Gasteiger partial charge in [0, 0.05) is 15.4 Å². The molecule has 5 aromatic rings. The third-order valence-corrected chi connectivity index (χ3v) is 8.40. The SMILES string of the molecule is CC(C)(C)Oc1ccc(-c2ccc(Sc3cccc(OC(C)(C)C)c3)c(-c3ccc(OC(C)(C)C)cc3)c2-c2ccc(OC(C)(C)C)cc2)cc1. The van der Waals surface area contributed by atoms with Crippen molar-refractivity contribution in [3.8, 4) is 56.4 Å². The minimum absolute atomic E-state index is 0.284. The second-order valence-electron chi connectivity index (χ2n) is 16.9. The van der Waals surface area contributed by atoms with Gasteiger partial charge in [-0.05, 0) is 172 Å². The highest BCUT2D eigenvalue weighted by molar-refractivity contribution is 7.99. The van der Waals surface area contributed by atoms with Crippen LogP contribution in [-0.4, -0.2) is 22.4 Å². The van der Waals surface area contributed by atoms with Crippen molar-refractivity contribution >= 4 is 11.8 Å². The van der Waals surface area contributed by atoms with Crippen LogP contribution in [-0.2, 0) is 0 Å². The number of hydrogen-bond donors (Lipinski definition) is 0. The van der Waals surface area contributed by atoms with E-state index in [1.54, 1.807) is 11.8 Å². The average molecular weight is 703 g/mol. The zero-order chi connectivity index (χ0) is 37.2. The largest absolute Gasteiger partial charge is 0.488 e. The molecule has 0 aliphatic heterocycles. The third kappa shape index (κ3) is 11.1. The standard InChI is InChI=1S/C46H54O4S/c1-43(2,3)47-34-22-16-31(17-23-34)39-28-29-40(51-38-15-13-14-37(30-38)50-46(10,11)12)42(33-20-26-36(27-21-33)49-45(7,8)9)41(39)32-18-24-35(25-19-32)48-44(4,5)6/h13-30H,1-12H3. The van der Waals surface area contributed by atoms with E-state index in [1.165, 1.54) is 0 Å². The monoisotopic (exact) mass is 702 g/mol. The van der Waals surface area contributed by atoms with Gasteiger partial charge in [0.15, 0.2) is 0 Å². The van der Waals surface area contributed by atoms with Crippen molar-refractivity contribution < 1.29 is 18.9 Å². The van der Waals surface area contributed by atoms with Gasteiger partial charge in [-0.2, -0.15) is 0 Å². The minimum Gasteiger partial charge on any atom is -0.488 e. The predicted octanol–water partition coefficient (Wildman–Crippen LogP) is 13.5. The van der Waals surface area contributed by atoms with E-state index in [4.69, 9.17) is 18.9 Å². The van der Waals surface area contributed by atoms with Crippen molar-refractivity contribution in [2.24, 2.45) is 0 Å². The molecular formula is C46H54O4S. The van der Waals surface area contributed by atoms with Gasteiger partial charge in [0.2, 0.25) is 0 Å². The molecule has 0 amide bonds. The molecular weight excluding hydrogens is 649 g/mol. The minimum atomic E-state index is -0.298. The quantitative estimate of drug-likeness (QED) is 0.153. The van der Waals surface area contributed by atoms with Crippen LogP contribution in [0, 0.1) is 0 Å². The van der Waals surface area contributed by atoms with Crippen LogP contribution in [0.1, 0.15) is 83.1 Å². The molecule has 0 aliphatic rings.